The summed E-state index contributed by atoms with van der Waals surface area (Å²) in [6, 6.07) is 6.04. The number of para-hydroxylation sites is 2. The fourth-order valence-electron chi connectivity index (χ4n) is 1.03. The van der Waals surface area contributed by atoms with Crippen LogP contribution in [-0.2, 0) is 14.3 Å². The van der Waals surface area contributed by atoms with Gasteiger partial charge in [0.2, 0.25) is 0 Å². The van der Waals surface area contributed by atoms with Gasteiger partial charge < -0.3 is 14.6 Å². The molecule has 1 aromatic rings. The van der Waals surface area contributed by atoms with Crippen molar-refractivity contribution >= 4 is 11.9 Å². The van der Waals surface area contributed by atoms with Crippen molar-refractivity contribution in [2.75, 3.05) is 0 Å². The van der Waals surface area contributed by atoms with E-state index in [9.17, 15) is 14.7 Å². The molecule has 0 amide bonds. The quantitative estimate of drug-likeness (QED) is 0.617. The van der Waals surface area contributed by atoms with Gasteiger partial charge in [-0.2, -0.15) is 0 Å². The molecule has 1 unspecified atom stereocenters. The Labute approximate surface area is 92.6 Å². The molecule has 1 N–H and O–H groups in total. The molecule has 5 nitrogen and oxygen atoms in total. The standard InChI is InChI=1S/C11H12O5/c1-7(15-8(2)12)11(14)16-10-6-4-3-5-9(10)13/h3-7,13H,1-2H3. The zero-order valence-electron chi connectivity index (χ0n) is 8.97. The van der Waals surface area contributed by atoms with Crippen LogP contribution in [0.25, 0.3) is 0 Å². The minimum atomic E-state index is -1.00. The summed E-state index contributed by atoms with van der Waals surface area (Å²) in [7, 11) is 0. The Balaban J connectivity index is 2.64. The van der Waals surface area contributed by atoms with E-state index in [1.54, 1.807) is 12.1 Å². The number of rotatable bonds is 3. The van der Waals surface area contributed by atoms with Gasteiger partial charge in [-0.1, -0.05) is 12.1 Å². The molecule has 86 valence electrons. The molecule has 0 aromatic heterocycles. The summed E-state index contributed by atoms with van der Waals surface area (Å²) in [4.78, 5) is 22.0. The largest absolute Gasteiger partial charge is 0.504 e. The first kappa shape index (κ1) is 12.0. The molecule has 0 saturated carbocycles. The molecule has 0 radical (unpaired) electrons. The monoisotopic (exact) mass is 224 g/mol. The molecule has 5 heteroatoms. The van der Waals surface area contributed by atoms with Gasteiger partial charge >= 0.3 is 11.9 Å². The second-order valence-corrected chi connectivity index (χ2v) is 3.14. The molecule has 0 saturated heterocycles. The van der Waals surface area contributed by atoms with Crippen molar-refractivity contribution in [2.45, 2.75) is 20.0 Å². The van der Waals surface area contributed by atoms with Crippen molar-refractivity contribution < 1.29 is 24.2 Å². The highest BCUT2D eigenvalue weighted by Crippen LogP contribution is 2.24. The van der Waals surface area contributed by atoms with E-state index in [1.807, 2.05) is 0 Å². The molecule has 1 atom stereocenters. The number of hydrogen-bond acceptors (Lipinski definition) is 5. The minimum absolute atomic E-state index is 0.0338. The van der Waals surface area contributed by atoms with Crippen molar-refractivity contribution in [3.63, 3.8) is 0 Å². The molecule has 0 bridgehead atoms. The number of hydrogen-bond donors (Lipinski definition) is 1. The number of phenolic OH excluding ortho intramolecular Hbond substituents is 1. The molecule has 0 aliphatic rings. The lowest BCUT2D eigenvalue weighted by molar-refractivity contribution is -0.159. The van der Waals surface area contributed by atoms with Gasteiger partial charge in [-0.15, -0.1) is 0 Å². The smallest absolute Gasteiger partial charge is 0.352 e. The van der Waals surface area contributed by atoms with Gasteiger partial charge in [0.25, 0.3) is 0 Å². The number of carbonyl (C=O) groups is 2. The van der Waals surface area contributed by atoms with Crippen LogP contribution in [0.1, 0.15) is 13.8 Å². The Kier molecular flexibility index (Phi) is 3.88. The molecule has 0 heterocycles. The number of ether oxygens (including phenoxy) is 2. The number of esters is 2. The van der Waals surface area contributed by atoms with Crippen LogP contribution in [0, 0.1) is 0 Å². The van der Waals surface area contributed by atoms with Crippen LogP contribution in [0.5, 0.6) is 11.5 Å². The Morgan fingerprint density at radius 3 is 2.50 bits per heavy atom. The molecule has 0 aliphatic heterocycles. The second-order valence-electron chi connectivity index (χ2n) is 3.14. The predicted octanol–water partition coefficient (Wildman–Crippen LogP) is 1.25. The third-order valence-corrected chi connectivity index (χ3v) is 1.75. The lowest BCUT2D eigenvalue weighted by Gasteiger charge is -2.11. The summed E-state index contributed by atoms with van der Waals surface area (Å²) in [6.07, 6.45) is -1.00. The lowest BCUT2D eigenvalue weighted by Crippen LogP contribution is -2.27. The van der Waals surface area contributed by atoms with Crippen molar-refractivity contribution in [3.05, 3.63) is 24.3 Å². The SMILES string of the molecule is CC(=O)OC(C)C(=O)Oc1ccccc1O. The molecule has 1 rings (SSSR count). The highest BCUT2D eigenvalue weighted by molar-refractivity contribution is 5.80. The maximum absolute atomic E-state index is 11.4. The van der Waals surface area contributed by atoms with E-state index < -0.39 is 18.0 Å². The summed E-state index contributed by atoms with van der Waals surface area (Å²) in [5, 5.41) is 9.34. The number of phenols is 1. The number of aromatic hydroxyl groups is 1. The van der Waals surface area contributed by atoms with Gasteiger partial charge in [0.05, 0.1) is 0 Å². The average molecular weight is 224 g/mol. The third-order valence-electron chi connectivity index (χ3n) is 1.75. The normalized spacial score (nSPS) is 11.6. The Hall–Kier alpha value is -2.04. The third kappa shape index (κ3) is 3.27. The first-order chi connectivity index (χ1) is 7.50. The van der Waals surface area contributed by atoms with Crippen LogP contribution < -0.4 is 4.74 Å². The first-order valence-electron chi connectivity index (χ1n) is 4.67. The van der Waals surface area contributed by atoms with Crippen molar-refractivity contribution in [2.24, 2.45) is 0 Å². The maximum atomic E-state index is 11.4. The van der Waals surface area contributed by atoms with E-state index >= 15 is 0 Å². The highest BCUT2D eigenvalue weighted by atomic mass is 16.6. The number of carbonyl (C=O) groups excluding carboxylic acids is 2. The van der Waals surface area contributed by atoms with Crippen molar-refractivity contribution in [1.29, 1.82) is 0 Å². The maximum Gasteiger partial charge on any atom is 0.352 e. The summed E-state index contributed by atoms with van der Waals surface area (Å²) < 4.78 is 9.47. The summed E-state index contributed by atoms with van der Waals surface area (Å²) in [5.74, 6) is -1.42. The van der Waals surface area contributed by atoms with Crippen LogP contribution >= 0.6 is 0 Å². The van der Waals surface area contributed by atoms with Crippen LogP contribution in [0.2, 0.25) is 0 Å². The molecule has 0 aliphatic carbocycles. The fourth-order valence-corrected chi connectivity index (χ4v) is 1.03. The van der Waals surface area contributed by atoms with E-state index in [4.69, 9.17) is 4.74 Å². The number of benzene rings is 1. The Bertz CT molecular complexity index is 399. The van der Waals surface area contributed by atoms with E-state index in [2.05, 4.69) is 4.74 Å². The van der Waals surface area contributed by atoms with Crippen LogP contribution in [0.4, 0.5) is 0 Å². The van der Waals surface area contributed by atoms with E-state index in [-0.39, 0.29) is 11.5 Å². The first-order valence-corrected chi connectivity index (χ1v) is 4.67. The van der Waals surface area contributed by atoms with E-state index in [0.717, 1.165) is 0 Å². The van der Waals surface area contributed by atoms with Crippen LogP contribution in [0.3, 0.4) is 0 Å². The molecular weight excluding hydrogens is 212 g/mol. The van der Waals surface area contributed by atoms with Gasteiger partial charge in [-0.25, -0.2) is 4.79 Å². The Morgan fingerprint density at radius 1 is 1.31 bits per heavy atom. The van der Waals surface area contributed by atoms with Gasteiger partial charge in [-0.3, -0.25) is 4.79 Å². The van der Waals surface area contributed by atoms with Crippen molar-refractivity contribution in [1.82, 2.24) is 0 Å². The molecule has 0 spiro atoms. The zero-order valence-corrected chi connectivity index (χ0v) is 8.97. The predicted molar refractivity (Wildman–Crippen MR) is 55.0 cm³/mol. The van der Waals surface area contributed by atoms with Crippen LogP contribution in [-0.4, -0.2) is 23.1 Å². The van der Waals surface area contributed by atoms with Gasteiger partial charge in [0.15, 0.2) is 17.6 Å². The lowest BCUT2D eigenvalue weighted by atomic mass is 10.3. The second kappa shape index (κ2) is 5.16. The zero-order chi connectivity index (χ0) is 12.1. The van der Waals surface area contributed by atoms with Gasteiger partial charge in [-0.05, 0) is 19.1 Å². The summed E-state index contributed by atoms with van der Waals surface area (Å²) in [5.41, 5.74) is 0. The Morgan fingerprint density at radius 2 is 1.94 bits per heavy atom. The van der Waals surface area contributed by atoms with Gasteiger partial charge in [0, 0.05) is 6.92 Å². The molecular formula is C11H12O5. The minimum Gasteiger partial charge on any atom is -0.504 e. The van der Waals surface area contributed by atoms with Crippen molar-refractivity contribution in [3.8, 4) is 11.5 Å². The summed E-state index contributed by atoms with van der Waals surface area (Å²) in [6.45, 7) is 2.59. The highest BCUT2D eigenvalue weighted by Gasteiger charge is 2.19. The topological polar surface area (TPSA) is 72.8 Å². The average Bonchev–Trinajstić information content (AvgIpc) is 2.20. The molecule has 1 aromatic carbocycles. The fraction of sp³-hybridized carbons (Fsp3) is 0.273. The van der Waals surface area contributed by atoms with E-state index in [1.165, 1.54) is 26.0 Å². The van der Waals surface area contributed by atoms with E-state index in [0.29, 0.717) is 0 Å². The van der Waals surface area contributed by atoms with Crippen LogP contribution in [0.15, 0.2) is 24.3 Å². The van der Waals surface area contributed by atoms with Gasteiger partial charge in [0.1, 0.15) is 0 Å². The summed E-state index contributed by atoms with van der Waals surface area (Å²) >= 11 is 0. The molecule has 16 heavy (non-hydrogen) atoms. The molecule has 0 fully saturated rings.